The largest absolute Gasteiger partial charge is 0.463 e. The van der Waals surface area contributed by atoms with Crippen molar-refractivity contribution < 1.29 is 42.9 Å². The predicted octanol–water partition coefficient (Wildman–Crippen LogP) is -0.187. The maximum absolute atomic E-state index is 11.4. The molecule has 0 aliphatic carbocycles. The zero-order valence-corrected chi connectivity index (χ0v) is 14.9. The number of carbonyl (C=O) groups excluding carboxylic acids is 4. The van der Waals surface area contributed by atoms with Crippen molar-refractivity contribution in [3.05, 3.63) is 0 Å². The number of hydrogen-bond acceptors (Lipinski definition) is 10. The van der Waals surface area contributed by atoms with E-state index in [2.05, 4.69) is 4.84 Å². The maximum atomic E-state index is 11.4. The van der Waals surface area contributed by atoms with Crippen LogP contribution in [0.5, 0.6) is 0 Å². The van der Waals surface area contributed by atoms with E-state index in [4.69, 9.17) is 35.5 Å². The molecule has 0 radical (unpaired) electrons. The van der Waals surface area contributed by atoms with Gasteiger partial charge in [0, 0.05) is 27.7 Å². The lowest BCUT2D eigenvalue weighted by molar-refractivity contribution is -0.269. The van der Waals surface area contributed by atoms with Gasteiger partial charge in [0.2, 0.25) is 6.29 Å². The first-order valence-electron chi connectivity index (χ1n) is 7.32. The summed E-state index contributed by atoms with van der Waals surface area (Å²) in [7, 11) is 0. The molecule has 5 atom stereocenters. The van der Waals surface area contributed by atoms with Crippen molar-refractivity contribution in [3.8, 4) is 0 Å². The minimum atomic E-state index is -1.27. The third-order valence-corrected chi connectivity index (χ3v) is 3.36. The Labute approximate surface area is 149 Å². The smallest absolute Gasteiger partial charge is 0.304 e. The third-order valence-electron chi connectivity index (χ3n) is 3.11. The molecule has 10 nitrogen and oxygen atoms in total. The van der Waals surface area contributed by atoms with Crippen molar-refractivity contribution in [3.63, 3.8) is 0 Å². The Balaban J connectivity index is 3.16. The Hall–Kier alpha value is -1.91. The van der Waals surface area contributed by atoms with Crippen molar-refractivity contribution in [2.75, 3.05) is 6.61 Å². The van der Waals surface area contributed by atoms with Gasteiger partial charge in [-0.15, -0.1) is 0 Å². The minimum Gasteiger partial charge on any atom is -0.463 e. The Bertz CT molecular complexity index is 526. The standard InChI is InChI=1S/C14H20ClNO9/c1-6(17)21-5-10-12(22-7(2)18)13(23-8(3)19)11(16-15)14(25-10)24-9(4)20/h10-14,16H,5H2,1-4H3/t10?,11?,12-,13-,14-/m1/s1. The highest BCUT2D eigenvalue weighted by atomic mass is 35.5. The Morgan fingerprint density at radius 3 is 1.84 bits per heavy atom. The summed E-state index contributed by atoms with van der Waals surface area (Å²) in [4.78, 5) is 47.5. The molecule has 1 aliphatic rings. The van der Waals surface area contributed by atoms with Crippen LogP contribution in [0, 0.1) is 0 Å². The number of carbonyl (C=O) groups is 4. The van der Waals surface area contributed by atoms with Crippen LogP contribution in [0.1, 0.15) is 27.7 Å². The number of esters is 4. The second kappa shape index (κ2) is 9.54. The SMILES string of the molecule is CC(=O)OCC1O[C@@H](OC(C)=O)C(NCl)[C@@H](OC(C)=O)[C@@H]1OC(C)=O. The molecule has 1 rings (SSSR count). The second-order valence-corrected chi connectivity index (χ2v) is 5.46. The highest BCUT2D eigenvalue weighted by molar-refractivity contribution is 6.13. The fraction of sp³-hybridized carbons (Fsp3) is 0.714. The van der Waals surface area contributed by atoms with E-state index in [9.17, 15) is 19.2 Å². The fourth-order valence-corrected chi connectivity index (χ4v) is 2.51. The fourth-order valence-electron chi connectivity index (χ4n) is 2.28. The number of rotatable bonds is 6. The van der Waals surface area contributed by atoms with Crippen LogP contribution in [0.15, 0.2) is 0 Å². The number of halogens is 1. The molecule has 1 aliphatic heterocycles. The van der Waals surface area contributed by atoms with E-state index < -0.39 is 54.5 Å². The van der Waals surface area contributed by atoms with Gasteiger partial charge in [0.05, 0.1) is 0 Å². The summed E-state index contributed by atoms with van der Waals surface area (Å²) in [6.45, 7) is 4.30. The molecule has 0 aromatic heterocycles. The van der Waals surface area contributed by atoms with Crippen LogP contribution in [0.3, 0.4) is 0 Å². The summed E-state index contributed by atoms with van der Waals surface area (Å²) in [5, 5.41) is 0. The van der Waals surface area contributed by atoms with Crippen LogP contribution in [-0.4, -0.2) is 61.1 Å². The summed E-state index contributed by atoms with van der Waals surface area (Å²) in [5.74, 6) is -2.65. The summed E-state index contributed by atoms with van der Waals surface area (Å²) in [5.41, 5.74) is 0. The molecule has 0 aromatic rings. The quantitative estimate of drug-likeness (QED) is 0.375. The molecule has 142 valence electrons. The van der Waals surface area contributed by atoms with Crippen molar-refractivity contribution in [1.29, 1.82) is 0 Å². The lowest BCUT2D eigenvalue weighted by Crippen LogP contribution is -2.65. The van der Waals surface area contributed by atoms with Crippen LogP contribution in [0.25, 0.3) is 0 Å². The summed E-state index contributed by atoms with van der Waals surface area (Å²) >= 11 is 5.68. The molecule has 11 heteroatoms. The van der Waals surface area contributed by atoms with Gasteiger partial charge < -0.3 is 23.7 Å². The van der Waals surface area contributed by atoms with Crippen LogP contribution in [0.2, 0.25) is 0 Å². The van der Waals surface area contributed by atoms with Crippen LogP contribution in [-0.2, 0) is 42.9 Å². The van der Waals surface area contributed by atoms with E-state index in [0.29, 0.717) is 0 Å². The first-order chi connectivity index (χ1) is 11.6. The third kappa shape index (κ3) is 6.48. The lowest BCUT2D eigenvalue weighted by atomic mass is 9.97. The van der Waals surface area contributed by atoms with E-state index in [1.54, 1.807) is 0 Å². The van der Waals surface area contributed by atoms with Gasteiger partial charge in [-0.3, -0.25) is 19.2 Å². The van der Waals surface area contributed by atoms with Crippen LogP contribution < -0.4 is 4.84 Å². The number of ether oxygens (including phenoxy) is 5. The molecule has 0 amide bonds. The lowest BCUT2D eigenvalue weighted by Gasteiger charge is -2.43. The van der Waals surface area contributed by atoms with Gasteiger partial charge in [-0.2, -0.15) is 0 Å². The molecule has 0 spiro atoms. The summed E-state index contributed by atoms with van der Waals surface area (Å²) < 4.78 is 25.8. The molecule has 1 fully saturated rings. The normalized spacial score (nSPS) is 28.6. The van der Waals surface area contributed by atoms with E-state index in [0.717, 1.165) is 20.8 Å². The van der Waals surface area contributed by atoms with Gasteiger partial charge in [0.15, 0.2) is 12.2 Å². The average Bonchev–Trinajstić information content (AvgIpc) is 2.46. The van der Waals surface area contributed by atoms with E-state index in [-0.39, 0.29) is 6.61 Å². The Kier molecular flexibility index (Phi) is 8.07. The minimum absolute atomic E-state index is 0.322. The van der Waals surface area contributed by atoms with E-state index in [1.807, 2.05) is 0 Å². The molecule has 0 aromatic carbocycles. The second-order valence-electron chi connectivity index (χ2n) is 5.24. The zero-order valence-electron chi connectivity index (χ0n) is 14.1. The molecule has 1 saturated heterocycles. The first kappa shape index (κ1) is 21.1. The number of hydrogen-bond donors (Lipinski definition) is 1. The summed E-state index contributed by atoms with van der Waals surface area (Å²) in [6, 6.07) is -1.03. The molecule has 2 unspecified atom stereocenters. The average molecular weight is 382 g/mol. The molecule has 0 bridgehead atoms. The van der Waals surface area contributed by atoms with Crippen molar-refractivity contribution >= 4 is 35.7 Å². The highest BCUT2D eigenvalue weighted by Crippen LogP contribution is 2.28. The van der Waals surface area contributed by atoms with E-state index >= 15 is 0 Å². The van der Waals surface area contributed by atoms with Gasteiger partial charge in [0.25, 0.3) is 0 Å². The molecular weight excluding hydrogens is 362 g/mol. The maximum Gasteiger partial charge on any atom is 0.304 e. The summed E-state index contributed by atoms with van der Waals surface area (Å²) in [6.07, 6.45) is -4.63. The van der Waals surface area contributed by atoms with Gasteiger partial charge >= 0.3 is 23.9 Å². The predicted molar refractivity (Wildman–Crippen MR) is 80.9 cm³/mol. The van der Waals surface area contributed by atoms with Gasteiger partial charge in [0.1, 0.15) is 18.8 Å². The van der Waals surface area contributed by atoms with Gasteiger partial charge in [-0.05, 0) is 11.8 Å². The number of nitrogens with one attached hydrogen (secondary N) is 1. The van der Waals surface area contributed by atoms with Crippen LogP contribution >= 0.6 is 11.8 Å². The van der Waals surface area contributed by atoms with E-state index in [1.165, 1.54) is 6.92 Å². The molecule has 1 N–H and O–H groups in total. The van der Waals surface area contributed by atoms with Gasteiger partial charge in [-0.25, -0.2) is 4.84 Å². The van der Waals surface area contributed by atoms with Crippen molar-refractivity contribution in [1.82, 2.24) is 4.84 Å². The van der Waals surface area contributed by atoms with Crippen LogP contribution in [0.4, 0.5) is 0 Å². The highest BCUT2D eigenvalue weighted by Gasteiger charge is 2.51. The Morgan fingerprint density at radius 2 is 1.40 bits per heavy atom. The monoisotopic (exact) mass is 381 g/mol. The topological polar surface area (TPSA) is 126 Å². The van der Waals surface area contributed by atoms with Crippen molar-refractivity contribution in [2.24, 2.45) is 0 Å². The molecule has 25 heavy (non-hydrogen) atoms. The first-order valence-corrected chi connectivity index (χ1v) is 7.70. The molecule has 1 heterocycles. The van der Waals surface area contributed by atoms with Gasteiger partial charge in [-0.1, -0.05) is 0 Å². The molecule has 0 saturated carbocycles. The molecular formula is C14H20ClNO9. The zero-order chi connectivity index (χ0) is 19.1. The van der Waals surface area contributed by atoms with Crippen molar-refractivity contribution in [2.45, 2.75) is 58.3 Å². The Morgan fingerprint density at radius 1 is 0.880 bits per heavy atom.